The molecule has 6 atom stereocenters. The first-order chi connectivity index (χ1) is 14.1. The highest BCUT2D eigenvalue weighted by Crippen LogP contribution is 2.34. The van der Waals surface area contributed by atoms with Gasteiger partial charge >= 0.3 is 0 Å². The Morgan fingerprint density at radius 3 is 2.48 bits per heavy atom. The lowest BCUT2D eigenvalue weighted by Crippen LogP contribution is -2.66. The van der Waals surface area contributed by atoms with E-state index in [0.717, 1.165) is 11.1 Å². The van der Waals surface area contributed by atoms with Gasteiger partial charge in [-0.15, -0.1) is 0 Å². The zero-order valence-electron chi connectivity index (χ0n) is 16.1. The number of benzene rings is 2. The van der Waals surface area contributed by atoms with E-state index < -0.39 is 36.9 Å². The third-order valence-electron chi connectivity index (χ3n) is 5.06. The molecule has 2 heterocycles. The Hall–Kier alpha value is -2.29. The Labute approximate surface area is 169 Å². The van der Waals surface area contributed by atoms with Crippen LogP contribution >= 0.6 is 0 Å². The smallest absolute Gasteiger partial charge is 0.217 e. The number of aliphatic hydroxyl groups excluding tert-OH is 1. The monoisotopic (exact) mass is 399 g/mol. The predicted molar refractivity (Wildman–Crippen MR) is 104 cm³/mol. The lowest BCUT2D eigenvalue weighted by molar-refractivity contribution is -0.345. The van der Waals surface area contributed by atoms with E-state index in [2.05, 4.69) is 5.32 Å². The molecule has 2 aliphatic rings. The number of fused-ring (bicyclic) bond motifs is 1. The Kier molecular flexibility index (Phi) is 6.22. The third-order valence-corrected chi connectivity index (χ3v) is 5.06. The molecule has 0 aromatic heterocycles. The molecule has 0 unspecified atom stereocenters. The number of hydrogen-bond acceptors (Lipinski definition) is 6. The molecule has 2 aliphatic heterocycles. The van der Waals surface area contributed by atoms with Gasteiger partial charge in [0.25, 0.3) is 0 Å². The maximum atomic E-state index is 11.7. The summed E-state index contributed by atoms with van der Waals surface area (Å²) in [6.07, 6.45) is -3.59. The van der Waals surface area contributed by atoms with E-state index in [9.17, 15) is 9.90 Å². The van der Waals surface area contributed by atoms with Gasteiger partial charge in [0.05, 0.1) is 13.2 Å². The standard InChI is InChI=1S/C22H25NO6/c1-14(24)23-18-19(25)20-17(13-27-21(29-20)16-10-6-3-7-11-16)28-22(18)26-12-15-8-4-2-5-9-15/h2-11,17-22,25H,12-13H2,1H3,(H,23,24)/t17-,18-,19+,20+,21+,22+/m1/s1. The zero-order valence-corrected chi connectivity index (χ0v) is 16.1. The van der Waals surface area contributed by atoms with E-state index in [0.29, 0.717) is 6.61 Å². The first-order valence-electron chi connectivity index (χ1n) is 9.70. The quantitative estimate of drug-likeness (QED) is 0.799. The van der Waals surface area contributed by atoms with Crippen LogP contribution in [0.4, 0.5) is 0 Å². The van der Waals surface area contributed by atoms with Crippen LogP contribution in [0.15, 0.2) is 60.7 Å². The molecule has 7 nitrogen and oxygen atoms in total. The van der Waals surface area contributed by atoms with Crippen LogP contribution in [0.5, 0.6) is 0 Å². The fraction of sp³-hybridized carbons (Fsp3) is 0.409. The summed E-state index contributed by atoms with van der Waals surface area (Å²) in [5.41, 5.74) is 1.83. The van der Waals surface area contributed by atoms with Crippen LogP contribution in [0.2, 0.25) is 0 Å². The summed E-state index contributed by atoms with van der Waals surface area (Å²) in [5.74, 6) is -0.281. The van der Waals surface area contributed by atoms with Crippen molar-refractivity contribution in [1.29, 1.82) is 0 Å². The van der Waals surface area contributed by atoms with E-state index in [1.807, 2.05) is 60.7 Å². The molecule has 0 bridgehead atoms. The van der Waals surface area contributed by atoms with Crippen LogP contribution in [0, 0.1) is 0 Å². The fourth-order valence-corrected chi connectivity index (χ4v) is 3.65. The molecule has 4 rings (SSSR count). The van der Waals surface area contributed by atoms with E-state index in [1.54, 1.807) is 0 Å². The lowest BCUT2D eigenvalue weighted by atomic mass is 9.95. The average molecular weight is 399 g/mol. The topological polar surface area (TPSA) is 86.3 Å². The van der Waals surface area contributed by atoms with Crippen molar-refractivity contribution in [2.24, 2.45) is 0 Å². The average Bonchev–Trinajstić information content (AvgIpc) is 2.75. The van der Waals surface area contributed by atoms with Gasteiger partial charge in [-0.05, 0) is 5.56 Å². The van der Waals surface area contributed by atoms with Crippen LogP contribution in [0.1, 0.15) is 24.3 Å². The normalized spacial score (nSPS) is 31.7. The Morgan fingerprint density at radius 2 is 1.79 bits per heavy atom. The van der Waals surface area contributed by atoms with Gasteiger partial charge < -0.3 is 29.4 Å². The molecule has 0 aliphatic carbocycles. The minimum absolute atomic E-state index is 0.249. The fourth-order valence-electron chi connectivity index (χ4n) is 3.65. The third kappa shape index (κ3) is 4.66. The maximum absolute atomic E-state index is 11.7. The second kappa shape index (κ2) is 9.02. The van der Waals surface area contributed by atoms with Crippen LogP contribution < -0.4 is 5.32 Å². The lowest BCUT2D eigenvalue weighted by Gasteiger charge is -2.47. The molecular weight excluding hydrogens is 374 g/mol. The number of carbonyl (C=O) groups excluding carboxylic acids is 1. The number of hydrogen-bond donors (Lipinski definition) is 2. The number of carbonyl (C=O) groups is 1. The summed E-state index contributed by atoms with van der Waals surface area (Å²) in [6, 6.07) is 18.4. The summed E-state index contributed by atoms with van der Waals surface area (Å²) in [5, 5.41) is 13.7. The van der Waals surface area contributed by atoms with E-state index in [1.165, 1.54) is 6.92 Å². The molecular formula is C22H25NO6. The molecule has 7 heteroatoms. The highest BCUT2D eigenvalue weighted by atomic mass is 16.7. The van der Waals surface area contributed by atoms with Crippen LogP contribution in [-0.4, -0.2) is 48.3 Å². The summed E-state index contributed by atoms with van der Waals surface area (Å²) in [7, 11) is 0. The van der Waals surface area contributed by atoms with E-state index >= 15 is 0 Å². The van der Waals surface area contributed by atoms with Crippen molar-refractivity contribution in [3.8, 4) is 0 Å². The molecule has 2 N–H and O–H groups in total. The number of amides is 1. The Bertz CT molecular complexity index is 801. The summed E-state index contributed by atoms with van der Waals surface area (Å²) >= 11 is 0. The maximum Gasteiger partial charge on any atom is 0.217 e. The van der Waals surface area contributed by atoms with Gasteiger partial charge in [-0.1, -0.05) is 60.7 Å². The van der Waals surface area contributed by atoms with Crippen LogP contribution in [-0.2, 0) is 30.3 Å². The molecule has 0 saturated carbocycles. The van der Waals surface area contributed by atoms with Gasteiger partial charge in [-0.25, -0.2) is 0 Å². The van der Waals surface area contributed by atoms with Crippen molar-refractivity contribution < 1.29 is 28.8 Å². The van der Waals surface area contributed by atoms with Gasteiger partial charge in [-0.3, -0.25) is 4.79 Å². The largest absolute Gasteiger partial charge is 0.388 e. The molecule has 0 spiro atoms. The molecule has 29 heavy (non-hydrogen) atoms. The van der Waals surface area contributed by atoms with Gasteiger partial charge in [-0.2, -0.15) is 0 Å². The predicted octanol–water partition coefficient (Wildman–Crippen LogP) is 1.91. The second-order valence-electron chi connectivity index (χ2n) is 7.23. The highest BCUT2D eigenvalue weighted by Gasteiger charge is 2.50. The van der Waals surface area contributed by atoms with Crippen molar-refractivity contribution >= 4 is 5.91 Å². The summed E-state index contributed by atoms with van der Waals surface area (Å²) in [4.78, 5) is 11.7. The second-order valence-corrected chi connectivity index (χ2v) is 7.23. The van der Waals surface area contributed by atoms with Gasteiger partial charge in [0.1, 0.15) is 24.4 Å². The van der Waals surface area contributed by atoms with Crippen molar-refractivity contribution in [1.82, 2.24) is 5.32 Å². The van der Waals surface area contributed by atoms with Crippen molar-refractivity contribution in [2.75, 3.05) is 6.61 Å². The molecule has 2 aromatic carbocycles. The molecule has 2 fully saturated rings. The molecule has 154 valence electrons. The highest BCUT2D eigenvalue weighted by molar-refractivity contribution is 5.73. The van der Waals surface area contributed by atoms with Crippen molar-refractivity contribution in [3.63, 3.8) is 0 Å². The van der Waals surface area contributed by atoms with Crippen molar-refractivity contribution in [3.05, 3.63) is 71.8 Å². The molecule has 2 saturated heterocycles. The minimum atomic E-state index is -1.01. The van der Waals surface area contributed by atoms with Gasteiger partial charge in [0, 0.05) is 12.5 Å². The molecule has 1 amide bonds. The van der Waals surface area contributed by atoms with E-state index in [-0.39, 0.29) is 12.5 Å². The van der Waals surface area contributed by atoms with Gasteiger partial charge in [0.15, 0.2) is 12.6 Å². The minimum Gasteiger partial charge on any atom is -0.388 e. The number of rotatable bonds is 5. The summed E-state index contributed by atoms with van der Waals surface area (Å²) < 4.78 is 23.8. The number of ether oxygens (including phenoxy) is 4. The summed E-state index contributed by atoms with van der Waals surface area (Å²) in [6.45, 7) is 1.93. The molecule has 2 aromatic rings. The zero-order chi connectivity index (χ0) is 20.2. The van der Waals surface area contributed by atoms with Crippen LogP contribution in [0.25, 0.3) is 0 Å². The van der Waals surface area contributed by atoms with Crippen molar-refractivity contribution in [2.45, 2.75) is 50.5 Å². The Morgan fingerprint density at radius 1 is 1.10 bits per heavy atom. The SMILES string of the molecule is CC(=O)N[C@H]1[C@@H](OCc2ccccc2)O[C@@H]2CO[C@H](c3ccccc3)O[C@@H]2[C@H]1O. The first-order valence-corrected chi connectivity index (χ1v) is 9.70. The first kappa shape index (κ1) is 20.0. The number of aliphatic hydroxyl groups is 1. The number of nitrogens with one attached hydrogen (secondary N) is 1. The molecule has 0 radical (unpaired) electrons. The van der Waals surface area contributed by atoms with Gasteiger partial charge in [0.2, 0.25) is 5.91 Å². The van der Waals surface area contributed by atoms with Crippen LogP contribution in [0.3, 0.4) is 0 Å². The Balaban J connectivity index is 1.48. The van der Waals surface area contributed by atoms with E-state index in [4.69, 9.17) is 18.9 Å².